The quantitative estimate of drug-likeness (QED) is 0.349. The lowest BCUT2D eigenvalue weighted by molar-refractivity contribution is 0.284. The lowest BCUT2D eigenvalue weighted by Crippen LogP contribution is -1.84. The Balaban J connectivity index is 3.36. The van der Waals surface area contributed by atoms with Gasteiger partial charge in [-0.25, -0.2) is 0 Å². The third-order valence-corrected chi connectivity index (χ3v) is 1.30. The van der Waals surface area contributed by atoms with E-state index in [1.807, 2.05) is 0 Å². The van der Waals surface area contributed by atoms with Crippen molar-refractivity contribution in [3.63, 3.8) is 0 Å². The minimum Gasteiger partial charge on any atom is -0.515 e. The van der Waals surface area contributed by atoms with Gasteiger partial charge in [0.1, 0.15) is 0 Å². The zero-order chi connectivity index (χ0) is 7.82. The molecule has 0 aliphatic rings. The molecule has 0 radical (unpaired) electrons. The van der Waals surface area contributed by atoms with Gasteiger partial charge in [-0.05, 0) is 24.8 Å². The Labute approximate surface area is 61.5 Å². The number of unbranched alkanes of at least 4 members (excludes halogenated alkanes) is 1. The van der Waals surface area contributed by atoms with Crippen LogP contribution in [0.1, 0.15) is 19.3 Å². The molecule has 0 bridgehead atoms. The highest BCUT2D eigenvalue weighted by Gasteiger charge is 1.90. The first-order chi connectivity index (χ1) is 4.85. The molecule has 0 rings (SSSR count). The van der Waals surface area contributed by atoms with Gasteiger partial charge in [-0.1, -0.05) is 12.7 Å². The lowest BCUT2D eigenvalue weighted by atomic mass is 10.1. The highest BCUT2D eigenvalue weighted by atomic mass is 16.3. The molecule has 0 amide bonds. The van der Waals surface area contributed by atoms with Crippen LogP contribution in [0.5, 0.6) is 0 Å². The third kappa shape index (κ3) is 4.15. The number of rotatable bonds is 5. The Kier molecular flexibility index (Phi) is 5.88. The Bertz CT molecular complexity index is 116. The van der Waals surface area contributed by atoms with Gasteiger partial charge < -0.3 is 10.2 Å². The van der Waals surface area contributed by atoms with E-state index in [2.05, 4.69) is 6.58 Å². The molecule has 2 nitrogen and oxygen atoms in total. The average molecular weight is 142 g/mol. The van der Waals surface area contributed by atoms with Crippen molar-refractivity contribution in [2.75, 3.05) is 6.61 Å². The molecule has 0 aromatic carbocycles. The van der Waals surface area contributed by atoms with Crippen LogP contribution in [-0.2, 0) is 0 Å². The maximum Gasteiger partial charge on any atom is 0.0823 e. The zero-order valence-electron chi connectivity index (χ0n) is 6.08. The van der Waals surface area contributed by atoms with Crippen molar-refractivity contribution in [2.24, 2.45) is 0 Å². The molecular weight excluding hydrogens is 128 g/mol. The fourth-order valence-corrected chi connectivity index (χ4v) is 0.660. The van der Waals surface area contributed by atoms with Crippen LogP contribution >= 0.6 is 0 Å². The van der Waals surface area contributed by atoms with Gasteiger partial charge in [-0.15, -0.1) is 0 Å². The molecule has 0 aromatic rings. The molecule has 0 saturated carbocycles. The van der Waals surface area contributed by atoms with Crippen molar-refractivity contribution in [3.05, 3.63) is 24.5 Å². The van der Waals surface area contributed by atoms with Gasteiger partial charge in [0.15, 0.2) is 0 Å². The van der Waals surface area contributed by atoms with Gasteiger partial charge in [0.05, 0.1) is 6.26 Å². The number of aliphatic hydroxyl groups is 2. The van der Waals surface area contributed by atoms with Crippen LogP contribution in [-0.4, -0.2) is 16.8 Å². The van der Waals surface area contributed by atoms with Crippen molar-refractivity contribution in [2.45, 2.75) is 19.3 Å². The summed E-state index contributed by atoms with van der Waals surface area (Å²) in [5, 5.41) is 16.9. The molecule has 0 saturated heterocycles. The summed E-state index contributed by atoms with van der Waals surface area (Å²) in [5.41, 5.74) is 0.827. The summed E-state index contributed by atoms with van der Waals surface area (Å²) in [7, 11) is 0. The van der Waals surface area contributed by atoms with E-state index >= 15 is 0 Å². The summed E-state index contributed by atoms with van der Waals surface area (Å²) in [4.78, 5) is 0. The zero-order valence-corrected chi connectivity index (χ0v) is 6.08. The van der Waals surface area contributed by atoms with Gasteiger partial charge >= 0.3 is 0 Å². The standard InChI is InChI=1S/C8H14O2/c1-2-8(7-10)5-3-4-6-9/h2,7,9-10H,1,3-6H2. The summed E-state index contributed by atoms with van der Waals surface area (Å²) in [6.45, 7) is 3.74. The molecule has 0 fully saturated rings. The molecule has 0 aliphatic carbocycles. The Hall–Kier alpha value is -0.760. The van der Waals surface area contributed by atoms with Crippen molar-refractivity contribution < 1.29 is 10.2 Å². The van der Waals surface area contributed by atoms with Crippen molar-refractivity contribution in [1.82, 2.24) is 0 Å². The van der Waals surface area contributed by atoms with E-state index in [0.29, 0.717) is 0 Å². The molecule has 58 valence electrons. The molecule has 0 aromatic heterocycles. The maximum absolute atomic E-state index is 8.53. The topological polar surface area (TPSA) is 40.5 Å². The minimum absolute atomic E-state index is 0.218. The molecule has 0 spiro atoms. The van der Waals surface area contributed by atoms with Crippen LogP contribution in [0.3, 0.4) is 0 Å². The molecule has 0 unspecified atom stereocenters. The molecule has 2 heteroatoms. The smallest absolute Gasteiger partial charge is 0.0823 e. The largest absolute Gasteiger partial charge is 0.515 e. The fourth-order valence-electron chi connectivity index (χ4n) is 0.660. The average Bonchev–Trinajstić information content (AvgIpc) is 1.99. The SMILES string of the molecule is C=CC(=CO)CCCCO. The molecule has 2 N–H and O–H groups in total. The van der Waals surface area contributed by atoms with Gasteiger partial charge in [0.25, 0.3) is 0 Å². The summed E-state index contributed by atoms with van der Waals surface area (Å²) in [5.74, 6) is 0. The number of allylic oxidation sites excluding steroid dienone is 2. The summed E-state index contributed by atoms with van der Waals surface area (Å²) < 4.78 is 0. The predicted octanol–water partition coefficient (Wildman–Crippen LogP) is 1.78. The first kappa shape index (κ1) is 9.24. The normalized spacial score (nSPS) is 11.5. The van der Waals surface area contributed by atoms with Gasteiger partial charge in [0.2, 0.25) is 0 Å². The second kappa shape index (κ2) is 6.36. The fraction of sp³-hybridized carbons (Fsp3) is 0.500. The molecule has 0 atom stereocenters. The third-order valence-electron chi connectivity index (χ3n) is 1.30. The Morgan fingerprint density at radius 3 is 2.50 bits per heavy atom. The lowest BCUT2D eigenvalue weighted by Gasteiger charge is -1.97. The van der Waals surface area contributed by atoms with E-state index in [9.17, 15) is 0 Å². The monoisotopic (exact) mass is 142 g/mol. The summed E-state index contributed by atoms with van der Waals surface area (Å²) in [6, 6.07) is 0. The second-order valence-corrected chi connectivity index (χ2v) is 2.09. The molecular formula is C8H14O2. The van der Waals surface area contributed by atoms with E-state index < -0.39 is 0 Å². The van der Waals surface area contributed by atoms with Crippen LogP contribution < -0.4 is 0 Å². The number of aliphatic hydroxyl groups excluding tert-OH is 2. The van der Waals surface area contributed by atoms with E-state index in [1.165, 1.54) is 0 Å². The second-order valence-electron chi connectivity index (χ2n) is 2.09. The van der Waals surface area contributed by atoms with E-state index in [4.69, 9.17) is 10.2 Å². The first-order valence-electron chi connectivity index (χ1n) is 3.41. The van der Waals surface area contributed by atoms with Gasteiger partial charge in [0, 0.05) is 6.61 Å². The van der Waals surface area contributed by atoms with Gasteiger partial charge in [-0.3, -0.25) is 0 Å². The van der Waals surface area contributed by atoms with Crippen molar-refractivity contribution >= 4 is 0 Å². The van der Waals surface area contributed by atoms with Crippen LogP contribution in [0.15, 0.2) is 24.5 Å². The number of hydrogen-bond acceptors (Lipinski definition) is 2. The Morgan fingerprint density at radius 2 is 2.10 bits per heavy atom. The highest BCUT2D eigenvalue weighted by molar-refractivity contribution is 5.12. The highest BCUT2D eigenvalue weighted by Crippen LogP contribution is 2.06. The minimum atomic E-state index is 0.218. The van der Waals surface area contributed by atoms with Crippen LogP contribution in [0.2, 0.25) is 0 Å². The van der Waals surface area contributed by atoms with Crippen LogP contribution in [0.4, 0.5) is 0 Å². The van der Waals surface area contributed by atoms with Crippen molar-refractivity contribution in [3.8, 4) is 0 Å². The predicted molar refractivity (Wildman–Crippen MR) is 41.8 cm³/mol. The Morgan fingerprint density at radius 1 is 1.40 bits per heavy atom. The van der Waals surface area contributed by atoms with Crippen molar-refractivity contribution in [1.29, 1.82) is 0 Å². The van der Waals surface area contributed by atoms with E-state index in [1.54, 1.807) is 6.08 Å². The van der Waals surface area contributed by atoms with E-state index in [-0.39, 0.29) is 6.61 Å². The van der Waals surface area contributed by atoms with Crippen LogP contribution in [0.25, 0.3) is 0 Å². The van der Waals surface area contributed by atoms with Crippen LogP contribution in [0, 0.1) is 0 Å². The maximum atomic E-state index is 8.53. The summed E-state index contributed by atoms with van der Waals surface area (Å²) >= 11 is 0. The molecule has 10 heavy (non-hydrogen) atoms. The number of hydrogen-bond donors (Lipinski definition) is 2. The first-order valence-corrected chi connectivity index (χ1v) is 3.41. The van der Waals surface area contributed by atoms with Gasteiger partial charge in [-0.2, -0.15) is 0 Å². The van der Waals surface area contributed by atoms with E-state index in [0.717, 1.165) is 31.1 Å². The molecule has 0 heterocycles. The summed E-state index contributed by atoms with van der Waals surface area (Å²) in [6.07, 6.45) is 5.16. The molecule has 0 aliphatic heterocycles.